The Bertz CT molecular complexity index is 671. The van der Waals surface area contributed by atoms with Crippen LogP contribution in [0.4, 0.5) is 0 Å². The van der Waals surface area contributed by atoms with Crippen LogP contribution in [-0.2, 0) is 13.1 Å². The number of nitrogens with one attached hydrogen (secondary N) is 1. The van der Waals surface area contributed by atoms with Crippen LogP contribution >= 0.6 is 0 Å². The van der Waals surface area contributed by atoms with Gasteiger partial charge in [0.2, 0.25) is 0 Å². The molecule has 0 bridgehead atoms. The van der Waals surface area contributed by atoms with Crippen molar-refractivity contribution < 1.29 is 0 Å². The summed E-state index contributed by atoms with van der Waals surface area (Å²) in [7, 11) is 1.95. The van der Waals surface area contributed by atoms with Crippen molar-refractivity contribution in [2.75, 3.05) is 7.05 Å². The first-order valence-corrected chi connectivity index (χ1v) is 6.51. The van der Waals surface area contributed by atoms with E-state index in [1.54, 1.807) is 0 Å². The van der Waals surface area contributed by atoms with E-state index in [2.05, 4.69) is 52.3 Å². The van der Waals surface area contributed by atoms with Crippen molar-refractivity contribution in [3.63, 3.8) is 0 Å². The van der Waals surface area contributed by atoms with Crippen molar-refractivity contribution in [3.05, 3.63) is 66.0 Å². The minimum absolute atomic E-state index is 0.779. The van der Waals surface area contributed by atoms with Crippen LogP contribution in [0.15, 0.2) is 54.6 Å². The lowest BCUT2D eigenvalue weighted by Gasteiger charge is -2.09. The fourth-order valence-corrected chi connectivity index (χ4v) is 2.36. The molecule has 0 spiro atoms. The Hall–Kier alpha value is -2.13. The zero-order valence-electron chi connectivity index (χ0n) is 11.0. The quantitative estimate of drug-likeness (QED) is 0.772. The summed E-state index contributed by atoms with van der Waals surface area (Å²) in [5.41, 5.74) is 3.54. The first-order valence-electron chi connectivity index (χ1n) is 6.51. The molecular formula is C16H17N3. The van der Waals surface area contributed by atoms with E-state index in [9.17, 15) is 0 Å². The number of rotatable bonds is 4. The van der Waals surface area contributed by atoms with Gasteiger partial charge < -0.3 is 9.88 Å². The summed E-state index contributed by atoms with van der Waals surface area (Å²) >= 11 is 0. The van der Waals surface area contributed by atoms with Gasteiger partial charge in [-0.1, -0.05) is 42.5 Å². The lowest BCUT2D eigenvalue weighted by atomic mass is 10.2. The molecule has 2 aromatic carbocycles. The smallest absolute Gasteiger partial charge is 0.124 e. The summed E-state index contributed by atoms with van der Waals surface area (Å²) in [5, 5.41) is 3.19. The average Bonchev–Trinajstić information content (AvgIpc) is 2.79. The molecule has 0 atom stereocenters. The maximum Gasteiger partial charge on any atom is 0.124 e. The highest BCUT2D eigenvalue weighted by molar-refractivity contribution is 5.76. The fourth-order valence-electron chi connectivity index (χ4n) is 2.36. The molecule has 3 aromatic rings. The second-order valence-corrected chi connectivity index (χ2v) is 4.62. The highest BCUT2D eigenvalue weighted by Crippen LogP contribution is 2.17. The summed E-state index contributed by atoms with van der Waals surface area (Å²) < 4.78 is 2.28. The molecule has 0 amide bonds. The summed E-state index contributed by atoms with van der Waals surface area (Å²) in [4.78, 5) is 4.70. The molecule has 3 heteroatoms. The first kappa shape index (κ1) is 11.9. The van der Waals surface area contributed by atoms with Crippen molar-refractivity contribution in [3.8, 4) is 0 Å². The molecule has 0 fully saturated rings. The summed E-state index contributed by atoms with van der Waals surface area (Å²) in [6, 6.07) is 18.8. The lowest BCUT2D eigenvalue weighted by molar-refractivity contribution is 0.686. The molecule has 0 unspecified atom stereocenters. The number of imidazole rings is 1. The van der Waals surface area contributed by atoms with Crippen LogP contribution in [0.5, 0.6) is 0 Å². The summed E-state index contributed by atoms with van der Waals surface area (Å²) in [5.74, 6) is 1.08. The minimum Gasteiger partial charge on any atom is -0.322 e. The molecular weight excluding hydrogens is 234 g/mol. The third-order valence-corrected chi connectivity index (χ3v) is 3.25. The topological polar surface area (TPSA) is 29.9 Å². The molecule has 0 saturated carbocycles. The minimum atomic E-state index is 0.779. The predicted molar refractivity (Wildman–Crippen MR) is 78.0 cm³/mol. The summed E-state index contributed by atoms with van der Waals surface area (Å²) in [6.07, 6.45) is 0. The zero-order chi connectivity index (χ0) is 13.1. The van der Waals surface area contributed by atoms with E-state index in [1.807, 2.05) is 19.2 Å². The Kier molecular flexibility index (Phi) is 3.29. The Morgan fingerprint density at radius 1 is 1.00 bits per heavy atom. The van der Waals surface area contributed by atoms with Gasteiger partial charge in [0.15, 0.2) is 0 Å². The van der Waals surface area contributed by atoms with Gasteiger partial charge in [-0.3, -0.25) is 0 Å². The van der Waals surface area contributed by atoms with Crippen molar-refractivity contribution in [2.24, 2.45) is 0 Å². The van der Waals surface area contributed by atoms with Gasteiger partial charge in [-0.15, -0.1) is 0 Å². The van der Waals surface area contributed by atoms with E-state index < -0.39 is 0 Å². The average molecular weight is 251 g/mol. The number of hydrogen-bond donors (Lipinski definition) is 1. The normalized spacial score (nSPS) is 11.0. The van der Waals surface area contributed by atoms with Crippen molar-refractivity contribution in [1.82, 2.24) is 14.9 Å². The number of para-hydroxylation sites is 2. The molecule has 0 aliphatic carbocycles. The second-order valence-electron chi connectivity index (χ2n) is 4.62. The SMILES string of the molecule is CNCc1nc2ccccc2n1Cc1ccccc1. The van der Waals surface area contributed by atoms with Crippen LogP contribution in [0.3, 0.4) is 0 Å². The molecule has 3 rings (SSSR count). The largest absolute Gasteiger partial charge is 0.322 e. The van der Waals surface area contributed by atoms with Gasteiger partial charge in [0.05, 0.1) is 17.6 Å². The Morgan fingerprint density at radius 2 is 1.74 bits per heavy atom. The zero-order valence-corrected chi connectivity index (χ0v) is 11.0. The van der Waals surface area contributed by atoms with E-state index in [0.717, 1.165) is 24.4 Å². The van der Waals surface area contributed by atoms with Gasteiger partial charge in [0.25, 0.3) is 0 Å². The van der Waals surface area contributed by atoms with Crippen LogP contribution in [0.2, 0.25) is 0 Å². The Balaban J connectivity index is 2.07. The molecule has 1 aromatic heterocycles. The maximum absolute atomic E-state index is 4.70. The van der Waals surface area contributed by atoms with Crippen LogP contribution in [0.25, 0.3) is 11.0 Å². The highest BCUT2D eigenvalue weighted by atomic mass is 15.1. The van der Waals surface area contributed by atoms with Crippen LogP contribution in [0.1, 0.15) is 11.4 Å². The van der Waals surface area contributed by atoms with Gasteiger partial charge in [0.1, 0.15) is 5.82 Å². The number of aromatic nitrogens is 2. The van der Waals surface area contributed by atoms with E-state index in [-0.39, 0.29) is 0 Å². The van der Waals surface area contributed by atoms with Gasteiger partial charge in [-0.2, -0.15) is 0 Å². The lowest BCUT2D eigenvalue weighted by Crippen LogP contribution is -2.13. The van der Waals surface area contributed by atoms with Crippen LogP contribution in [0, 0.1) is 0 Å². The summed E-state index contributed by atoms with van der Waals surface area (Å²) in [6.45, 7) is 1.64. The first-order chi connectivity index (χ1) is 9.38. The maximum atomic E-state index is 4.70. The molecule has 0 radical (unpaired) electrons. The van der Waals surface area contributed by atoms with Gasteiger partial charge in [-0.05, 0) is 24.7 Å². The number of hydrogen-bond acceptors (Lipinski definition) is 2. The number of benzene rings is 2. The molecule has 0 aliphatic heterocycles. The number of nitrogens with zero attached hydrogens (tertiary/aromatic N) is 2. The van der Waals surface area contributed by atoms with Crippen molar-refractivity contribution in [1.29, 1.82) is 0 Å². The van der Waals surface area contributed by atoms with E-state index >= 15 is 0 Å². The van der Waals surface area contributed by atoms with Crippen molar-refractivity contribution in [2.45, 2.75) is 13.1 Å². The van der Waals surface area contributed by atoms with Gasteiger partial charge in [0, 0.05) is 6.54 Å². The van der Waals surface area contributed by atoms with E-state index in [4.69, 9.17) is 4.98 Å². The Labute approximate surface area is 112 Å². The van der Waals surface area contributed by atoms with Crippen molar-refractivity contribution >= 4 is 11.0 Å². The molecule has 1 heterocycles. The highest BCUT2D eigenvalue weighted by Gasteiger charge is 2.09. The van der Waals surface area contributed by atoms with Crippen LogP contribution < -0.4 is 5.32 Å². The second kappa shape index (κ2) is 5.24. The number of fused-ring (bicyclic) bond motifs is 1. The van der Waals surface area contributed by atoms with Gasteiger partial charge >= 0.3 is 0 Å². The molecule has 0 aliphatic rings. The van der Waals surface area contributed by atoms with E-state index in [1.165, 1.54) is 11.1 Å². The molecule has 1 N–H and O–H groups in total. The Morgan fingerprint density at radius 3 is 2.53 bits per heavy atom. The molecule has 96 valence electrons. The fraction of sp³-hybridized carbons (Fsp3) is 0.188. The van der Waals surface area contributed by atoms with Crippen LogP contribution in [-0.4, -0.2) is 16.6 Å². The van der Waals surface area contributed by atoms with Gasteiger partial charge in [-0.25, -0.2) is 4.98 Å². The van der Waals surface area contributed by atoms with E-state index in [0.29, 0.717) is 0 Å². The standard InChI is InChI=1S/C16H17N3/c1-17-11-16-18-14-9-5-6-10-15(14)19(16)12-13-7-3-2-4-8-13/h2-10,17H,11-12H2,1H3. The third-order valence-electron chi connectivity index (χ3n) is 3.25. The third kappa shape index (κ3) is 2.37. The molecule has 0 saturated heterocycles. The molecule has 19 heavy (non-hydrogen) atoms. The molecule has 3 nitrogen and oxygen atoms in total. The predicted octanol–water partition coefficient (Wildman–Crippen LogP) is 2.80. The monoisotopic (exact) mass is 251 g/mol.